The van der Waals surface area contributed by atoms with E-state index in [-0.39, 0.29) is 71.0 Å². The van der Waals surface area contributed by atoms with E-state index in [1.165, 1.54) is 0 Å². The number of fused-ring (bicyclic) bond motifs is 2. The standard InChI is InChI=1S/C61H65N3O9/c1-33-4-2-5-34(22-33)32-73-53-29-41(28-52(70)59(53)71)40-23-37-9-10-38-24-44(65)25-39-11-13-47(57(37)55(38)39)64-54-30-42(16-20-63-54)61(18-15-48(66)46(61)31-43-6-3-19-62-43)58(51(69)27-40)50(68)26-36-8-7-35-17-21-72-60-49(67)14-12-45(36)56(35)60/h2-3,5-14,16,19,24-25,28-30,33-37,40,46,48,50,58,62-68,70-71H,4,15,17-18,20-23,26-27,31-32H2,1H3/t33-,34+,35-,36+,37+,40+,46-,48+,50-,58-,61-/m1/s1. The molecule has 73 heavy (non-hydrogen) atoms. The summed E-state index contributed by atoms with van der Waals surface area (Å²) in [6.07, 6.45) is 21.4. The summed E-state index contributed by atoms with van der Waals surface area (Å²) in [5.74, 6) is -1.30. The predicted octanol–water partition coefficient (Wildman–Crippen LogP) is 10.6. The van der Waals surface area contributed by atoms with Crippen molar-refractivity contribution in [2.24, 2.45) is 29.1 Å². The lowest BCUT2D eigenvalue weighted by atomic mass is 9.57. The number of aromatic nitrogens is 1. The van der Waals surface area contributed by atoms with Crippen LogP contribution in [0.25, 0.3) is 16.8 Å². The van der Waals surface area contributed by atoms with Crippen molar-refractivity contribution in [2.75, 3.05) is 25.1 Å². The number of phenolic OH excluding ortho intramolecular Hbond substituents is 4. The van der Waals surface area contributed by atoms with E-state index in [4.69, 9.17) is 9.47 Å². The lowest BCUT2D eigenvalue weighted by molar-refractivity contribution is -0.134. The molecule has 1 aromatic heterocycles. The first-order valence-corrected chi connectivity index (χ1v) is 26.4. The van der Waals surface area contributed by atoms with E-state index in [1.54, 1.807) is 30.3 Å². The largest absolute Gasteiger partial charge is 0.508 e. The number of Topliss-reactive ketones (excluding diaryl/α,β-unsaturated/α-hetero) is 1. The van der Waals surface area contributed by atoms with Gasteiger partial charge in [0, 0.05) is 71.1 Å². The molecule has 9 N–H and O–H groups in total. The Morgan fingerprint density at radius 1 is 0.932 bits per heavy atom. The number of ketones is 1. The summed E-state index contributed by atoms with van der Waals surface area (Å²) in [5, 5.41) is 79.8. The molecule has 0 saturated heterocycles. The molecule has 1 spiro atoms. The number of dihydropyridines is 1. The average molecular weight is 984 g/mol. The second kappa shape index (κ2) is 18.9. The van der Waals surface area contributed by atoms with Gasteiger partial charge in [-0.05, 0) is 156 Å². The van der Waals surface area contributed by atoms with Gasteiger partial charge in [0.25, 0.3) is 0 Å². The molecule has 1 saturated carbocycles. The second-order valence-corrected chi connectivity index (χ2v) is 22.0. The van der Waals surface area contributed by atoms with Gasteiger partial charge in [-0.1, -0.05) is 61.6 Å². The number of nitrogens with one attached hydrogen (secondary N) is 3. The highest BCUT2D eigenvalue weighted by Crippen LogP contribution is 2.60. The van der Waals surface area contributed by atoms with Crippen LogP contribution in [0.15, 0.2) is 121 Å². The highest BCUT2D eigenvalue weighted by molar-refractivity contribution is 6.00. The van der Waals surface area contributed by atoms with Gasteiger partial charge in [0.15, 0.2) is 23.0 Å². The average Bonchev–Trinajstić information content (AvgIpc) is 4.02. The van der Waals surface area contributed by atoms with Crippen LogP contribution in [0.1, 0.15) is 115 Å². The van der Waals surface area contributed by atoms with E-state index in [2.05, 4.69) is 65.1 Å². The number of carbonyl (C=O) groups is 1. The fraction of sp³-hybridized carbons (Fsp3) is 0.393. The number of aliphatic hydroxyl groups is 2. The molecule has 4 aliphatic carbocycles. The third-order valence-corrected chi connectivity index (χ3v) is 17.5. The lowest BCUT2D eigenvalue weighted by Gasteiger charge is -2.47. The fourth-order valence-corrected chi connectivity index (χ4v) is 14.2. The van der Waals surface area contributed by atoms with Gasteiger partial charge in [-0.25, -0.2) is 0 Å². The Bertz CT molecular complexity index is 3130. The molecule has 4 aromatic carbocycles. The molecule has 12 rings (SSSR count). The fourth-order valence-electron chi connectivity index (χ4n) is 14.2. The van der Waals surface area contributed by atoms with Crippen LogP contribution >= 0.6 is 0 Å². The maximum absolute atomic E-state index is 16.5. The van der Waals surface area contributed by atoms with Crippen molar-refractivity contribution < 1.29 is 44.9 Å². The Morgan fingerprint density at radius 3 is 2.67 bits per heavy atom. The summed E-state index contributed by atoms with van der Waals surface area (Å²) in [4.78, 5) is 19.9. The first kappa shape index (κ1) is 47.1. The number of H-pyrrole nitrogens is 1. The highest BCUT2D eigenvalue weighted by Gasteiger charge is 2.59. The van der Waals surface area contributed by atoms with Crippen molar-refractivity contribution in [3.63, 3.8) is 0 Å². The zero-order valence-electron chi connectivity index (χ0n) is 41.1. The van der Waals surface area contributed by atoms with Gasteiger partial charge in [0.2, 0.25) is 5.75 Å². The number of carbonyl (C=O) groups excluding carboxylic acids is 1. The highest BCUT2D eigenvalue weighted by atomic mass is 16.5. The summed E-state index contributed by atoms with van der Waals surface area (Å²) < 4.78 is 12.5. The molecular weight excluding hydrogens is 919 g/mol. The van der Waals surface area contributed by atoms with Gasteiger partial charge in [0.05, 0.1) is 31.3 Å². The van der Waals surface area contributed by atoms with Crippen molar-refractivity contribution in [1.82, 2.24) is 10.3 Å². The van der Waals surface area contributed by atoms with Crippen molar-refractivity contribution in [1.29, 1.82) is 0 Å². The molecule has 3 aliphatic heterocycles. The van der Waals surface area contributed by atoms with Gasteiger partial charge in [0.1, 0.15) is 17.4 Å². The molecular formula is C61H65N3O9. The number of aromatic hydroxyl groups is 4. The van der Waals surface area contributed by atoms with E-state index < -0.39 is 35.4 Å². The maximum Gasteiger partial charge on any atom is 0.200 e. The number of aliphatic hydroxyl groups excluding tert-OH is 2. The molecule has 0 radical (unpaired) electrons. The smallest absolute Gasteiger partial charge is 0.200 e. The van der Waals surface area contributed by atoms with Crippen LogP contribution < -0.4 is 20.1 Å². The van der Waals surface area contributed by atoms with Crippen molar-refractivity contribution in [2.45, 2.75) is 101 Å². The molecule has 2 bridgehead atoms. The van der Waals surface area contributed by atoms with Gasteiger partial charge in [-0.15, -0.1) is 0 Å². The summed E-state index contributed by atoms with van der Waals surface area (Å²) in [7, 11) is 0. The molecule has 11 atom stereocenters. The number of rotatable bonds is 9. The summed E-state index contributed by atoms with van der Waals surface area (Å²) in [5.41, 5.74) is 5.94. The molecule has 5 aromatic rings. The van der Waals surface area contributed by atoms with E-state index in [0.29, 0.717) is 62.7 Å². The normalized spacial score (nSPS) is 29.4. The molecule has 0 unspecified atom stereocenters. The number of hydrogen-bond acceptors (Lipinski definition) is 11. The van der Waals surface area contributed by atoms with Gasteiger partial charge < -0.3 is 55.7 Å². The third-order valence-electron chi connectivity index (χ3n) is 17.5. The molecule has 1 fully saturated rings. The van der Waals surface area contributed by atoms with E-state index in [0.717, 1.165) is 75.1 Å². The molecule has 0 amide bonds. The number of phenols is 4. The quantitative estimate of drug-likeness (QED) is 0.0503. The first-order valence-electron chi connectivity index (χ1n) is 26.4. The topological polar surface area (TPSA) is 197 Å². The minimum atomic E-state index is -1.21. The molecule has 378 valence electrons. The summed E-state index contributed by atoms with van der Waals surface area (Å²) in [6.45, 7) is 3.43. The van der Waals surface area contributed by atoms with E-state index in [1.807, 2.05) is 42.6 Å². The van der Waals surface area contributed by atoms with Crippen LogP contribution in [0.2, 0.25) is 0 Å². The lowest BCUT2D eigenvalue weighted by Crippen LogP contribution is -2.50. The molecule has 4 heterocycles. The molecule has 12 nitrogen and oxygen atoms in total. The number of anilines is 1. The Morgan fingerprint density at radius 2 is 1.82 bits per heavy atom. The number of hydrogen-bond donors (Lipinski definition) is 9. The van der Waals surface area contributed by atoms with Crippen molar-refractivity contribution >= 4 is 28.3 Å². The minimum absolute atomic E-state index is 0.0417. The number of aromatic amines is 1. The third kappa shape index (κ3) is 8.46. The molecule has 7 aliphatic rings. The Hall–Kier alpha value is -6.89. The Labute approximate surface area is 425 Å². The zero-order chi connectivity index (χ0) is 50.1. The zero-order valence-corrected chi connectivity index (χ0v) is 41.1. The summed E-state index contributed by atoms with van der Waals surface area (Å²) in [6, 6.07) is 18.4. The van der Waals surface area contributed by atoms with Gasteiger partial charge in [-0.3, -0.25) is 4.79 Å². The number of benzene rings is 4. The van der Waals surface area contributed by atoms with Crippen LogP contribution in [0, 0.1) is 29.1 Å². The molecule has 12 heteroatoms. The van der Waals surface area contributed by atoms with Gasteiger partial charge >= 0.3 is 0 Å². The predicted molar refractivity (Wildman–Crippen MR) is 281 cm³/mol. The van der Waals surface area contributed by atoms with Crippen LogP contribution in [0.3, 0.4) is 0 Å². The van der Waals surface area contributed by atoms with Crippen LogP contribution in [0.5, 0.6) is 34.5 Å². The van der Waals surface area contributed by atoms with Crippen molar-refractivity contribution in [3.8, 4) is 34.5 Å². The maximum atomic E-state index is 16.5. The Kier molecular flexibility index (Phi) is 12.2. The van der Waals surface area contributed by atoms with Gasteiger partial charge in [-0.2, -0.15) is 0 Å². The van der Waals surface area contributed by atoms with E-state index >= 15 is 4.79 Å². The van der Waals surface area contributed by atoms with Crippen LogP contribution in [0.4, 0.5) is 5.69 Å². The SMILES string of the molecule is C[C@@H]1CC=C[C@H](COc2cc([C@@H]3CC(=O)[C@@H]([C@H](O)C[C@@H]4C=C[C@@H]5CCOc6c(O)ccc4c65)[C@]4(CC[C@H](O)[C@H]4Cc4ccc[nH]4)C4=CCNC(=C4)Nc4ccc5cc(O)cc6c5c4[C@@H](C=C6)C3)cc(O)c2O)C1. The van der Waals surface area contributed by atoms with E-state index in [9.17, 15) is 30.6 Å². The van der Waals surface area contributed by atoms with Crippen molar-refractivity contribution in [3.05, 3.63) is 154 Å². The first-order chi connectivity index (χ1) is 35.4. The number of allylic oxidation sites excluding steroid dienone is 6. The second-order valence-electron chi connectivity index (χ2n) is 22.0. The summed E-state index contributed by atoms with van der Waals surface area (Å²) >= 11 is 0. The van der Waals surface area contributed by atoms with Crippen LogP contribution in [-0.4, -0.2) is 73.4 Å². The Balaban J connectivity index is 1.03. The minimum Gasteiger partial charge on any atom is -0.508 e. The van der Waals surface area contributed by atoms with Crippen LogP contribution in [-0.2, 0) is 11.2 Å². The number of ether oxygens (including phenoxy) is 2. The monoisotopic (exact) mass is 983 g/mol.